The Morgan fingerprint density at radius 3 is 2.39 bits per heavy atom. The summed E-state index contributed by atoms with van der Waals surface area (Å²) in [5.74, 6) is -1.63. The van der Waals surface area contributed by atoms with Gasteiger partial charge in [0.05, 0.1) is 18.7 Å². The lowest BCUT2D eigenvalue weighted by Crippen LogP contribution is -2.05. The Labute approximate surface area is 186 Å². The van der Waals surface area contributed by atoms with E-state index in [1.807, 2.05) is 0 Å². The SMILES string of the molecule is O=C(O)Oc1cccc2c1c(CO)cn2Cc1cc(F)ccc1OCc1ccc(F)cc1F. The van der Waals surface area contributed by atoms with E-state index in [0.717, 1.165) is 12.1 Å². The van der Waals surface area contributed by atoms with Crippen molar-refractivity contribution in [2.75, 3.05) is 0 Å². The summed E-state index contributed by atoms with van der Waals surface area (Å²) >= 11 is 0. The number of nitrogens with zero attached hydrogens (tertiary/aromatic N) is 1. The fraction of sp³-hybridized carbons (Fsp3) is 0.125. The number of carboxylic acid groups (broad SMARTS) is 1. The fourth-order valence-corrected chi connectivity index (χ4v) is 3.62. The summed E-state index contributed by atoms with van der Waals surface area (Å²) in [7, 11) is 0. The van der Waals surface area contributed by atoms with Crippen LogP contribution in [0.4, 0.5) is 18.0 Å². The standard InChI is InChI=1S/C24H18F3NO5/c25-17-6-7-21(32-13-14-4-5-18(26)9-19(14)27)15(8-17)10-28-11-16(12-29)23-20(28)2-1-3-22(23)33-24(30)31/h1-9,11,29H,10,12-13H2,(H,30,31). The number of benzene rings is 3. The molecule has 0 aliphatic heterocycles. The number of carbonyl (C=O) groups is 1. The second-order valence-electron chi connectivity index (χ2n) is 7.24. The number of fused-ring (bicyclic) bond motifs is 1. The van der Waals surface area contributed by atoms with Crippen LogP contribution in [0.2, 0.25) is 0 Å². The minimum absolute atomic E-state index is 0.0605. The highest BCUT2D eigenvalue weighted by Crippen LogP contribution is 2.33. The molecule has 1 heterocycles. The van der Waals surface area contributed by atoms with Crippen molar-refractivity contribution in [3.8, 4) is 11.5 Å². The topological polar surface area (TPSA) is 80.9 Å². The van der Waals surface area contributed by atoms with Gasteiger partial charge in [0.25, 0.3) is 0 Å². The summed E-state index contributed by atoms with van der Waals surface area (Å²) in [6.45, 7) is -0.471. The van der Waals surface area contributed by atoms with Crippen LogP contribution in [-0.2, 0) is 19.8 Å². The molecule has 1 aromatic heterocycles. The Morgan fingerprint density at radius 2 is 1.67 bits per heavy atom. The summed E-state index contributed by atoms with van der Waals surface area (Å²) in [6, 6.07) is 11.8. The number of aliphatic hydroxyl groups excluding tert-OH is 1. The maximum atomic E-state index is 14.0. The van der Waals surface area contributed by atoms with Crippen molar-refractivity contribution in [3.63, 3.8) is 0 Å². The van der Waals surface area contributed by atoms with Crippen molar-refractivity contribution >= 4 is 17.1 Å². The second-order valence-corrected chi connectivity index (χ2v) is 7.24. The molecule has 0 atom stereocenters. The van der Waals surface area contributed by atoms with Crippen LogP contribution in [0.1, 0.15) is 16.7 Å². The molecule has 4 aromatic rings. The van der Waals surface area contributed by atoms with Gasteiger partial charge in [-0.2, -0.15) is 0 Å². The average molecular weight is 457 g/mol. The van der Waals surface area contributed by atoms with E-state index >= 15 is 0 Å². The molecule has 4 rings (SSSR count). The first-order chi connectivity index (χ1) is 15.9. The normalized spacial score (nSPS) is 11.0. The van der Waals surface area contributed by atoms with Crippen molar-refractivity contribution in [3.05, 3.63) is 94.9 Å². The molecular weight excluding hydrogens is 439 g/mol. The van der Waals surface area contributed by atoms with Gasteiger partial charge in [-0.3, -0.25) is 0 Å². The summed E-state index contributed by atoms with van der Waals surface area (Å²) in [5, 5.41) is 19.2. The van der Waals surface area contributed by atoms with E-state index in [0.29, 0.717) is 22.0 Å². The van der Waals surface area contributed by atoms with Crippen molar-refractivity contribution in [1.29, 1.82) is 0 Å². The predicted octanol–water partition coefficient (Wildman–Crippen LogP) is 5.24. The van der Waals surface area contributed by atoms with Gasteiger partial charge in [-0.05, 0) is 42.5 Å². The minimum atomic E-state index is -1.49. The molecule has 6 nitrogen and oxygen atoms in total. The van der Waals surface area contributed by atoms with E-state index in [2.05, 4.69) is 0 Å². The van der Waals surface area contributed by atoms with Gasteiger partial charge in [-0.1, -0.05) is 6.07 Å². The van der Waals surface area contributed by atoms with Crippen LogP contribution in [-0.4, -0.2) is 20.9 Å². The molecule has 0 bridgehead atoms. The first-order valence-electron chi connectivity index (χ1n) is 9.83. The van der Waals surface area contributed by atoms with E-state index in [4.69, 9.17) is 14.6 Å². The Bertz CT molecular complexity index is 1340. The Hall–Kier alpha value is -3.98. The molecule has 3 aromatic carbocycles. The van der Waals surface area contributed by atoms with Crippen LogP contribution in [0, 0.1) is 17.5 Å². The van der Waals surface area contributed by atoms with Gasteiger partial charge in [-0.15, -0.1) is 0 Å². The summed E-state index contributed by atoms with van der Waals surface area (Å²) in [4.78, 5) is 11.0. The number of ether oxygens (including phenoxy) is 2. The van der Waals surface area contributed by atoms with Gasteiger partial charge in [0.15, 0.2) is 0 Å². The zero-order chi connectivity index (χ0) is 23.5. The Balaban J connectivity index is 1.68. The summed E-state index contributed by atoms with van der Waals surface area (Å²) in [5.41, 5.74) is 1.53. The third kappa shape index (κ3) is 4.78. The summed E-state index contributed by atoms with van der Waals surface area (Å²) < 4.78 is 53.3. The van der Waals surface area contributed by atoms with Crippen molar-refractivity contribution in [2.45, 2.75) is 19.8 Å². The van der Waals surface area contributed by atoms with Crippen LogP contribution in [0.15, 0.2) is 60.8 Å². The van der Waals surface area contributed by atoms with Crippen LogP contribution in [0.5, 0.6) is 11.5 Å². The lowest BCUT2D eigenvalue weighted by atomic mass is 10.1. The maximum absolute atomic E-state index is 14.0. The molecule has 0 saturated heterocycles. The van der Waals surface area contributed by atoms with Crippen molar-refractivity contribution in [1.82, 2.24) is 4.57 Å². The molecule has 0 amide bonds. The number of hydrogen-bond donors (Lipinski definition) is 2. The van der Waals surface area contributed by atoms with Gasteiger partial charge < -0.3 is 24.3 Å². The minimum Gasteiger partial charge on any atom is -0.488 e. The van der Waals surface area contributed by atoms with Gasteiger partial charge in [-0.25, -0.2) is 18.0 Å². The van der Waals surface area contributed by atoms with E-state index in [1.165, 1.54) is 30.3 Å². The molecule has 0 unspecified atom stereocenters. The largest absolute Gasteiger partial charge is 0.511 e. The molecule has 33 heavy (non-hydrogen) atoms. The zero-order valence-corrected chi connectivity index (χ0v) is 17.1. The highest BCUT2D eigenvalue weighted by atomic mass is 19.1. The van der Waals surface area contributed by atoms with Crippen LogP contribution < -0.4 is 9.47 Å². The first-order valence-corrected chi connectivity index (χ1v) is 9.83. The van der Waals surface area contributed by atoms with E-state index in [1.54, 1.807) is 22.9 Å². The van der Waals surface area contributed by atoms with Crippen LogP contribution in [0.3, 0.4) is 0 Å². The molecule has 9 heteroatoms. The number of hydrogen-bond acceptors (Lipinski definition) is 4. The lowest BCUT2D eigenvalue weighted by Gasteiger charge is -2.14. The lowest BCUT2D eigenvalue weighted by molar-refractivity contribution is 0.145. The van der Waals surface area contributed by atoms with Crippen LogP contribution in [0.25, 0.3) is 10.9 Å². The summed E-state index contributed by atoms with van der Waals surface area (Å²) in [6.07, 6.45) is 0.112. The molecule has 0 saturated carbocycles. The first kappa shape index (κ1) is 22.2. The van der Waals surface area contributed by atoms with Gasteiger partial charge in [0.1, 0.15) is 35.6 Å². The van der Waals surface area contributed by atoms with E-state index < -0.39 is 23.6 Å². The third-order valence-corrected chi connectivity index (χ3v) is 5.08. The highest BCUT2D eigenvalue weighted by molar-refractivity contribution is 5.91. The number of rotatable bonds is 7. The molecular formula is C24H18F3NO5. The molecule has 2 N–H and O–H groups in total. The predicted molar refractivity (Wildman–Crippen MR) is 113 cm³/mol. The Morgan fingerprint density at radius 1 is 0.909 bits per heavy atom. The molecule has 0 fully saturated rings. The average Bonchev–Trinajstić information content (AvgIpc) is 3.12. The van der Waals surface area contributed by atoms with E-state index in [9.17, 15) is 23.1 Å². The molecule has 0 radical (unpaired) electrons. The second kappa shape index (κ2) is 9.25. The van der Waals surface area contributed by atoms with Gasteiger partial charge in [0, 0.05) is 34.3 Å². The van der Waals surface area contributed by atoms with E-state index in [-0.39, 0.29) is 36.8 Å². The third-order valence-electron chi connectivity index (χ3n) is 5.08. The van der Waals surface area contributed by atoms with Crippen molar-refractivity contribution in [2.24, 2.45) is 0 Å². The van der Waals surface area contributed by atoms with Crippen LogP contribution >= 0.6 is 0 Å². The van der Waals surface area contributed by atoms with Crippen molar-refractivity contribution < 1.29 is 37.7 Å². The number of halogens is 3. The Kier molecular flexibility index (Phi) is 6.23. The van der Waals surface area contributed by atoms with Gasteiger partial charge in [0.2, 0.25) is 0 Å². The molecule has 170 valence electrons. The molecule has 0 spiro atoms. The van der Waals surface area contributed by atoms with Gasteiger partial charge >= 0.3 is 6.16 Å². The molecule has 0 aliphatic carbocycles. The fourth-order valence-electron chi connectivity index (χ4n) is 3.62. The number of aromatic nitrogens is 1. The molecule has 0 aliphatic rings. The monoisotopic (exact) mass is 457 g/mol. The maximum Gasteiger partial charge on any atom is 0.511 e. The highest BCUT2D eigenvalue weighted by Gasteiger charge is 2.17. The quantitative estimate of drug-likeness (QED) is 0.293. The smallest absolute Gasteiger partial charge is 0.488 e. The zero-order valence-electron chi connectivity index (χ0n) is 17.1. The number of aliphatic hydroxyl groups is 1.